The molecule has 1 heterocycles. The summed E-state index contributed by atoms with van der Waals surface area (Å²) in [5.74, 6) is 0. The van der Waals surface area contributed by atoms with E-state index in [0.717, 1.165) is 32.7 Å². The van der Waals surface area contributed by atoms with Crippen molar-refractivity contribution in [2.24, 2.45) is 0 Å². The molecule has 0 radical (unpaired) electrons. The van der Waals surface area contributed by atoms with Crippen LogP contribution in [0.15, 0.2) is 17.5 Å². The van der Waals surface area contributed by atoms with Crippen LogP contribution in [0.1, 0.15) is 32.6 Å². The molecule has 1 aromatic heterocycles. The molecule has 0 aliphatic rings. The minimum absolute atomic E-state index is 0.247. The summed E-state index contributed by atoms with van der Waals surface area (Å²) in [5, 5.41) is 5.74. The molecule has 0 unspecified atom stereocenters. The van der Waals surface area contributed by atoms with Crippen LogP contribution in [-0.4, -0.2) is 37.6 Å². The van der Waals surface area contributed by atoms with Gasteiger partial charge in [0.25, 0.3) is 0 Å². The van der Waals surface area contributed by atoms with Gasteiger partial charge in [-0.15, -0.1) is 11.3 Å². The van der Waals surface area contributed by atoms with E-state index in [-0.39, 0.29) is 5.41 Å². The molecule has 1 rings (SSSR count). The predicted molar refractivity (Wildman–Crippen MR) is 78.0 cm³/mol. The van der Waals surface area contributed by atoms with E-state index in [2.05, 4.69) is 55.4 Å². The molecule has 0 saturated carbocycles. The van der Waals surface area contributed by atoms with Crippen LogP contribution < -0.4 is 5.32 Å². The van der Waals surface area contributed by atoms with E-state index in [1.807, 2.05) is 11.3 Å². The Kier molecular flexibility index (Phi) is 6.17. The Hall–Kier alpha value is -0.380. The lowest BCUT2D eigenvalue weighted by Crippen LogP contribution is -2.37. The van der Waals surface area contributed by atoms with Gasteiger partial charge in [0.2, 0.25) is 0 Å². The van der Waals surface area contributed by atoms with Crippen molar-refractivity contribution in [3.05, 3.63) is 22.4 Å². The highest BCUT2D eigenvalue weighted by atomic mass is 32.1. The molecule has 0 aliphatic heterocycles. The monoisotopic (exact) mass is 254 g/mol. The molecule has 98 valence electrons. The number of hydrogen-bond donors (Lipinski definition) is 1. The first kappa shape index (κ1) is 14.7. The summed E-state index contributed by atoms with van der Waals surface area (Å²) in [4.78, 5) is 3.92. The average Bonchev–Trinajstić information content (AvgIpc) is 2.83. The van der Waals surface area contributed by atoms with E-state index >= 15 is 0 Å². The van der Waals surface area contributed by atoms with Gasteiger partial charge in [-0.2, -0.15) is 0 Å². The van der Waals surface area contributed by atoms with Crippen LogP contribution in [0.3, 0.4) is 0 Å². The molecular formula is C14H26N2S. The van der Waals surface area contributed by atoms with Gasteiger partial charge in [-0.3, -0.25) is 0 Å². The highest BCUT2D eigenvalue weighted by Crippen LogP contribution is 2.26. The lowest BCUT2D eigenvalue weighted by molar-refractivity contribution is 0.298. The van der Waals surface area contributed by atoms with E-state index in [1.165, 1.54) is 4.88 Å². The van der Waals surface area contributed by atoms with Gasteiger partial charge < -0.3 is 10.2 Å². The van der Waals surface area contributed by atoms with Crippen LogP contribution in [0, 0.1) is 0 Å². The third kappa shape index (κ3) is 4.78. The van der Waals surface area contributed by atoms with Crippen molar-refractivity contribution in [2.75, 3.05) is 32.7 Å². The molecule has 3 heteroatoms. The molecular weight excluding hydrogens is 228 g/mol. The fourth-order valence-corrected chi connectivity index (χ4v) is 2.78. The molecule has 0 spiro atoms. The first-order valence-corrected chi connectivity index (χ1v) is 7.45. The minimum atomic E-state index is 0.247. The molecule has 0 atom stereocenters. The zero-order valence-electron chi connectivity index (χ0n) is 11.6. The molecule has 1 aromatic rings. The van der Waals surface area contributed by atoms with Gasteiger partial charge in [0, 0.05) is 29.9 Å². The standard InChI is InChI=1S/C14H26N2S/c1-5-16(6-2)10-9-15-12-14(3,4)13-8-7-11-17-13/h7-8,11,15H,5-6,9-10,12H2,1-4H3. The van der Waals surface area contributed by atoms with Gasteiger partial charge >= 0.3 is 0 Å². The maximum Gasteiger partial charge on any atom is 0.0115 e. The van der Waals surface area contributed by atoms with E-state index in [4.69, 9.17) is 0 Å². The summed E-state index contributed by atoms with van der Waals surface area (Å²) in [5.41, 5.74) is 0.247. The smallest absolute Gasteiger partial charge is 0.0115 e. The van der Waals surface area contributed by atoms with E-state index in [0.29, 0.717) is 0 Å². The Labute approximate surface area is 110 Å². The van der Waals surface area contributed by atoms with Crippen molar-refractivity contribution in [1.29, 1.82) is 0 Å². The number of nitrogens with one attached hydrogen (secondary N) is 1. The van der Waals surface area contributed by atoms with Crippen molar-refractivity contribution in [2.45, 2.75) is 33.1 Å². The van der Waals surface area contributed by atoms with Crippen molar-refractivity contribution in [3.8, 4) is 0 Å². The molecule has 0 amide bonds. The van der Waals surface area contributed by atoms with Gasteiger partial charge in [-0.05, 0) is 24.5 Å². The summed E-state index contributed by atoms with van der Waals surface area (Å²) < 4.78 is 0. The van der Waals surface area contributed by atoms with Crippen LogP contribution in [0.5, 0.6) is 0 Å². The highest BCUT2D eigenvalue weighted by molar-refractivity contribution is 7.10. The normalized spacial score (nSPS) is 12.3. The largest absolute Gasteiger partial charge is 0.315 e. The van der Waals surface area contributed by atoms with Crippen LogP contribution in [0.25, 0.3) is 0 Å². The second-order valence-electron chi connectivity index (χ2n) is 5.06. The summed E-state index contributed by atoms with van der Waals surface area (Å²) in [6.45, 7) is 14.6. The number of rotatable bonds is 8. The second-order valence-corrected chi connectivity index (χ2v) is 6.01. The van der Waals surface area contributed by atoms with Gasteiger partial charge in [-0.25, -0.2) is 0 Å². The summed E-state index contributed by atoms with van der Waals surface area (Å²) in [7, 11) is 0. The Balaban J connectivity index is 2.26. The average molecular weight is 254 g/mol. The number of nitrogens with zero attached hydrogens (tertiary/aromatic N) is 1. The zero-order valence-corrected chi connectivity index (χ0v) is 12.4. The van der Waals surface area contributed by atoms with Crippen molar-refractivity contribution < 1.29 is 0 Å². The van der Waals surface area contributed by atoms with E-state index in [9.17, 15) is 0 Å². The lowest BCUT2D eigenvalue weighted by atomic mass is 9.91. The molecule has 1 N–H and O–H groups in total. The van der Waals surface area contributed by atoms with Crippen LogP contribution in [-0.2, 0) is 5.41 Å². The summed E-state index contributed by atoms with van der Waals surface area (Å²) in [6.07, 6.45) is 0. The van der Waals surface area contributed by atoms with Crippen molar-refractivity contribution >= 4 is 11.3 Å². The van der Waals surface area contributed by atoms with Gasteiger partial charge in [0.1, 0.15) is 0 Å². The fraction of sp³-hybridized carbons (Fsp3) is 0.714. The third-order valence-electron chi connectivity index (χ3n) is 3.25. The number of likely N-dealkylation sites (N-methyl/N-ethyl adjacent to an activating group) is 1. The molecule has 17 heavy (non-hydrogen) atoms. The maximum atomic E-state index is 3.58. The minimum Gasteiger partial charge on any atom is -0.315 e. The third-order valence-corrected chi connectivity index (χ3v) is 4.49. The summed E-state index contributed by atoms with van der Waals surface area (Å²) in [6, 6.07) is 4.37. The molecule has 0 saturated heterocycles. The SMILES string of the molecule is CCN(CC)CCNCC(C)(C)c1cccs1. The van der Waals surface area contributed by atoms with Crippen LogP contribution in [0.4, 0.5) is 0 Å². The van der Waals surface area contributed by atoms with Crippen molar-refractivity contribution in [3.63, 3.8) is 0 Å². The summed E-state index contributed by atoms with van der Waals surface area (Å²) >= 11 is 1.85. The van der Waals surface area contributed by atoms with Gasteiger partial charge in [0.05, 0.1) is 0 Å². The quantitative estimate of drug-likeness (QED) is 0.718. The number of hydrogen-bond acceptors (Lipinski definition) is 3. The molecule has 0 aromatic carbocycles. The molecule has 0 aliphatic carbocycles. The molecule has 2 nitrogen and oxygen atoms in total. The maximum absolute atomic E-state index is 3.58. The second kappa shape index (κ2) is 7.14. The topological polar surface area (TPSA) is 15.3 Å². The zero-order chi connectivity index (χ0) is 12.7. The van der Waals surface area contributed by atoms with E-state index in [1.54, 1.807) is 0 Å². The highest BCUT2D eigenvalue weighted by Gasteiger charge is 2.20. The Morgan fingerprint density at radius 1 is 1.29 bits per heavy atom. The lowest BCUT2D eigenvalue weighted by Gasteiger charge is -2.25. The van der Waals surface area contributed by atoms with Crippen molar-refractivity contribution in [1.82, 2.24) is 10.2 Å². The van der Waals surface area contributed by atoms with E-state index < -0.39 is 0 Å². The molecule has 0 bridgehead atoms. The first-order chi connectivity index (χ1) is 8.10. The Morgan fingerprint density at radius 3 is 2.53 bits per heavy atom. The van der Waals surface area contributed by atoms with Gasteiger partial charge in [-0.1, -0.05) is 33.8 Å². The van der Waals surface area contributed by atoms with Crippen LogP contribution >= 0.6 is 11.3 Å². The fourth-order valence-electron chi connectivity index (χ4n) is 1.93. The van der Waals surface area contributed by atoms with Crippen LogP contribution in [0.2, 0.25) is 0 Å². The molecule has 0 fully saturated rings. The Morgan fingerprint density at radius 2 is 2.00 bits per heavy atom. The predicted octanol–water partition coefficient (Wildman–Crippen LogP) is 2.96. The number of thiophene rings is 1. The Bertz CT molecular complexity index is 289. The van der Waals surface area contributed by atoms with Gasteiger partial charge in [0.15, 0.2) is 0 Å². The first-order valence-electron chi connectivity index (χ1n) is 6.57.